The van der Waals surface area contributed by atoms with Gasteiger partial charge in [0.15, 0.2) is 0 Å². The predicted molar refractivity (Wildman–Crippen MR) is 103 cm³/mol. The predicted octanol–water partition coefficient (Wildman–Crippen LogP) is 1.26. The van der Waals surface area contributed by atoms with Gasteiger partial charge in [-0.15, -0.1) is 0 Å². The Morgan fingerprint density at radius 2 is 1.81 bits per heavy atom. The second kappa shape index (κ2) is 9.37. The lowest BCUT2D eigenvalue weighted by Crippen LogP contribution is -2.53. The molecule has 2 fully saturated rings. The van der Waals surface area contributed by atoms with E-state index in [0.29, 0.717) is 25.7 Å². The molecule has 0 aliphatic carbocycles. The van der Waals surface area contributed by atoms with E-state index in [4.69, 9.17) is 4.42 Å². The molecule has 2 aliphatic heterocycles. The van der Waals surface area contributed by atoms with Gasteiger partial charge in [-0.3, -0.25) is 19.4 Å². The molecule has 2 saturated heterocycles. The van der Waals surface area contributed by atoms with Crippen LogP contribution >= 0.6 is 0 Å². The minimum Gasteiger partial charge on any atom is -0.467 e. The van der Waals surface area contributed by atoms with Crippen molar-refractivity contribution in [1.29, 1.82) is 0 Å². The van der Waals surface area contributed by atoms with Crippen LogP contribution in [0, 0.1) is 0 Å². The monoisotopic (exact) mass is 376 g/mol. The highest BCUT2D eigenvalue weighted by Crippen LogP contribution is 2.17. The van der Waals surface area contributed by atoms with Crippen molar-refractivity contribution in [2.75, 3.05) is 52.9 Å². The van der Waals surface area contributed by atoms with Crippen LogP contribution in [-0.4, -0.2) is 90.3 Å². The van der Waals surface area contributed by atoms with Gasteiger partial charge < -0.3 is 14.2 Å². The Morgan fingerprint density at radius 1 is 1.11 bits per heavy atom. The van der Waals surface area contributed by atoms with E-state index in [1.807, 2.05) is 17.0 Å². The molecule has 0 spiro atoms. The first kappa shape index (κ1) is 19.9. The number of piperidine rings is 1. The number of rotatable bonds is 6. The molecule has 7 nitrogen and oxygen atoms in total. The Hall–Kier alpha value is -1.86. The van der Waals surface area contributed by atoms with Crippen LogP contribution in [0.3, 0.4) is 0 Å². The van der Waals surface area contributed by atoms with Crippen molar-refractivity contribution < 1.29 is 14.0 Å². The van der Waals surface area contributed by atoms with Gasteiger partial charge in [-0.2, -0.15) is 0 Å². The zero-order chi connectivity index (χ0) is 19.2. The van der Waals surface area contributed by atoms with Crippen molar-refractivity contribution in [2.45, 2.75) is 38.8 Å². The molecule has 0 radical (unpaired) electrons. The minimum absolute atomic E-state index is 0.0954. The topological polar surface area (TPSA) is 60.2 Å². The van der Waals surface area contributed by atoms with E-state index >= 15 is 0 Å². The Kier molecular flexibility index (Phi) is 6.90. The summed E-state index contributed by atoms with van der Waals surface area (Å²) >= 11 is 0. The molecule has 0 saturated carbocycles. The normalized spacial score (nSPS) is 22.0. The molecule has 2 aliphatic rings. The molecule has 7 heteroatoms. The van der Waals surface area contributed by atoms with Crippen molar-refractivity contribution in [3.63, 3.8) is 0 Å². The summed E-state index contributed by atoms with van der Waals surface area (Å²) in [6.07, 6.45) is 5.09. The highest BCUT2D eigenvalue weighted by Gasteiger charge is 2.27. The lowest BCUT2D eigenvalue weighted by atomic mass is 10.0. The van der Waals surface area contributed by atoms with Crippen LogP contribution in [0.5, 0.6) is 0 Å². The molecule has 0 bridgehead atoms. The molecule has 0 N–H and O–H groups in total. The first-order valence-corrected chi connectivity index (χ1v) is 10.0. The number of likely N-dealkylation sites (N-methyl/N-ethyl adjacent to an activating group) is 1. The summed E-state index contributed by atoms with van der Waals surface area (Å²) in [4.78, 5) is 33.1. The maximum absolute atomic E-state index is 12.6. The first-order chi connectivity index (χ1) is 13.0. The van der Waals surface area contributed by atoms with Crippen LogP contribution in [0.2, 0.25) is 0 Å². The van der Waals surface area contributed by atoms with Gasteiger partial charge in [0.1, 0.15) is 5.76 Å². The molecule has 1 aromatic heterocycles. The van der Waals surface area contributed by atoms with E-state index in [0.717, 1.165) is 51.3 Å². The SMILES string of the molecule is C[C@H]1CCCCN1C(=O)CN1CCN(CC(=O)N(C)Cc2ccco2)CC1. The van der Waals surface area contributed by atoms with Crippen molar-refractivity contribution in [3.8, 4) is 0 Å². The van der Waals surface area contributed by atoms with Crippen molar-refractivity contribution >= 4 is 11.8 Å². The Labute approximate surface area is 161 Å². The number of hydrogen-bond donors (Lipinski definition) is 0. The largest absolute Gasteiger partial charge is 0.467 e. The van der Waals surface area contributed by atoms with Crippen LogP contribution in [0.15, 0.2) is 22.8 Å². The van der Waals surface area contributed by atoms with Gasteiger partial charge in [0.25, 0.3) is 0 Å². The minimum atomic E-state index is 0.0954. The average Bonchev–Trinajstić information content (AvgIpc) is 3.16. The van der Waals surface area contributed by atoms with Crippen LogP contribution in [-0.2, 0) is 16.1 Å². The summed E-state index contributed by atoms with van der Waals surface area (Å²) in [5.41, 5.74) is 0. The summed E-state index contributed by atoms with van der Waals surface area (Å²) in [6.45, 7) is 7.79. The van der Waals surface area contributed by atoms with E-state index in [2.05, 4.69) is 16.7 Å². The summed E-state index contributed by atoms with van der Waals surface area (Å²) < 4.78 is 5.30. The van der Waals surface area contributed by atoms with Crippen LogP contribution in [0.4, 0.5) is 0 Å². The molecular weight excluding hydrogens is 344 g/mol. The lowest BCUT2D eigenvalue weighted by molar-refractivity contribution is -0.137. The van der Waals surface area contributed by atoms with Gasteiger partial charge in [-0.1, -0.05) is 0 Å². The molecule has 27 heavy (non-hydrogen) atoms. The van der Waals surface area contributed by atoms with E-state index in [1.165, 1.54) is 6.42 Å². The maximum Gasteiger partial charge on any atom is 0.236 e. The number of likely N-dealkylation sites (tertiary alicyclic amines) is 1. The Morgan fingerprint density at radius 3 is 2.44 bits per heavy atom. The number of piperazine rings is 1. The van der Waals surface area contributed by atoms with Crippen LogP contribution in [0.25, 0.3) is 0 Å². The maximum atomic E-state index is 12.6. The number of nitrogens with zero attached hydrogens (tertiary/aromatic N) is 4. The molecular formula is C20H32N4O3. The summed E-state index contributed by atoms with van der Waals surface area (Å²) in [5, 5.41) is 0. The molecule has 3 rings (SSSR count). The van der Waals surface area contributed by atoms with E-state index < -0.39 is 0 Å². The fourth-order valence-corrected chi connectivity index (χ4v) is 3.89. The molecule has 0 unspecified atom stereocenters. The standard InChI is InChI=1S/C20H32N4O3/c1-17-6-3-4-8-24(17)20(26)16-23-11-9-22(10-12-23)15-19(25)21(2)14-18-7-5-13-27-18/h5,7,13,17H,3-4,6,8-12,14-16H2,1-2H3/t17-/m0/s1. The third kappa shape index (κ3) is 5.56. The summed E-state index contributed by atoms with van der Waals surface area (Å²) in [5.74, 6) is 1.14. The molecule has 3 heterocycles. The Balaban J connectivity index is 1.38. The van der Waals surface area contributed by atoms with Gasteiger partial charge in [-0.25, -0.2) is 0 Å². The van der Waals surface area contributed by atoms with Gasteiger partial charge in [0, 0.05) is 45.8 Å². The fourth-order valence-electron chi connectivity index (χ4n) is 3.89. The molecule has 0 aromatic carbocycles. The van der Waals surface area contributed by atoms with Crippen molar-refractivity contribution in [3.05, 3.63) is 24.2 Å². The average molecular weight is 377 g/mol. The van der Waals surface area contributed by atoms with E-state index in [9.17, 15) is 9.59 Å². The fraction of sp³-hybridized carbons (Fsp3) is 0.700. The summed E-state index contributed by atoms with van der Waals surface area (Å²) in [7, 11) is 1.81. The zero-order valence-corrected chi connectivity index (χ0v) is 16.6. The number of carbonyl (C=O) groups excluding carboxylic acids is 2. The highest BCUT2D eigenvalue weighted by atomic mass is 16.3. The number of carbonyl (C=O) groups is 2. The molecule has 1 atom stereocenters. The van der Waals surface area contributed by atoms with Crippen molar-refractivity contribution in [2.24, 2.45) is 0 Å². The third-order valence-electron chi connectivity index (χ3n) is 5.70. The second-order valence-corrected chi connectivity index (χ2v) is 7.81. The van der Waals surface area contributed by atoms with E-state index in [1.54, 1.807) is 18.2 Å². The zero-order valence-electron chi connectivity index (χ0n) is 16.6. The summed E-state index contributed by atoms with van der Waals surface area (Å²) in [6, 6.07) is 4.08. The second-order valence-electron chi connectivity index (χ2n) is 7.81. The lowest BCUT2D eigenvalue weighted by Gasteiger charge is -2.38. The molecule has 1 aromatic rings. The van der Waals surface area contributed by atoms with Gasteiger partial charge in [0.2, 0.25) is 11.8 Å². The van der Waals surface area contributed by atoms with Gasteiger partial charge in [0.05, 0.1) is 25.9 Å². The van der Waals surface area contributed by atoms with Crippen LogP contribution in [0.1, 0.15) is 31.9 Å². The first-order valence-electron chi connectivity index (χ1n) is 10.0. The molecule has 2 amide bonds. The smallest absolute Gasteiger partial charge is 0.236 e. The van der Waals surface area contributed by atoms with Gasteiger partial charge in [-0.05, 0) is 38.3 Å². The number of hydrogen-bond acceptors (Lipinski definition) is 5. The quantitative estimate of drug-likeness (QED) is 0.748. The number of amides is 2. The third-order valence-corrected chi connectivity index (χ3v) is 5.70. The number of furan rings is 1. The Bertz CT molecular complexity index is 611. The van der Waals surface area contributed by atoms with Crippen molar-refractivity contribution in [1.82, 2.24) is 19.6 Å². The highest BCUT2D eigenvalue weighted by molar-refractivity contribution is 5.79. The van der Waals surface area contributed by atoms with E-state index in [-0.39, 0.29) is 11.8 Å². The molecule has 150 valence electrons. The van der Waals surface area contributed by atoms with Crippen LogP contribution < -0.4 is 0 Å². The van der Waals surface area contributed by atoms with Gasteiger partial charge >= 0.3 is 0 Å².